The van der Waals surface area contributed by atoms with Gasteiger partial charge in [0.05, 0.1) is 7.11 Å². The third kappa shape index (κ3) is 6.05. The molecular formula is C11H21NO2S. The molecule has 1 N–H and O–H groups in total. The molecule has 0 aliphatic carbocycles. The minimum absolute atomic E-state index is 0.0857. The van der Waals surface area contributed by atoms with Crippen LogP contribution in [-0.2, 0) is 9.53 Å². The van der Waals surface area contributed by atoms with Gasteiger partial charge < -0.3 is 10.1 Å². The number of carbonyl (C=O) groups excluding carboxylic acids is 1. The lowest BCUT2D eigenvalue weighted by Crippen LogP contribution is -2.28. The number of piperidine rings is 1. The first-order chi connectivity index (χ1) is 7.33. The number of methoxy groups -OCH3 is 1. The van der Waals surface area contributed by atoms with Crippen molar-refractivity contribution in [2.24, 2.45) is 5.92 Å². The molecule has 0 radical (unpaired) electrons. The van der Waals surface area contributed by atoms with Crippen molar-refractivity contribution in [3.8, 4) is 0 Å². The highest BCUT2D eigenvalue weighted by Gasteiger charge is 2.12. The van der Waals surface area contributed by atoms with Crippen LogP contribution in [0.2, 0.25) is 0 Å². The molecule has 1 aliphatic heterocycles. The summed E-state index contributed by atoms with van der Waals surface area (Å²) >= 11 is 1.98. The largest absolute Gasteiger partial charge is 0.469 e. The highest BCUT2D eigenvalue weighted by Crippen LogP contribution is 2.18. The lowest BCUT2D eigenvalue weighted by molar-refractivity contribution is -0.140. The fourth-order valence-corrected chi connectivity index (χ4v) is 2.90. The molecule has 0 aromatic heterocycles. The third-order valence-electron chi connectivity index (χ3n) is 2.71. The van der Waals surface area contributed by atoms with Crippen molar-refractivity contribution >= 4 is 17.7 Å². The summed E-state index contributed by atoms with van der Waals surface area (Å²) in [6.07, 6.45) is 4.13. The molecule has 15 heavy (non-hydrogen) atoms. The maximum absolute atomic E-state index is 10.8. The van der Waals surface area contributed by atoms with E-state index in [1.807, 2.05) is 11.8 Å². The Balaban J connectivity index is 1.89. The zero-order valence-corrected chi connectivity index (χ0v) is 10.3. The number of hydrogen-bond donors (Lipinski definition) is 1. The van der Waals surface area contributed by atoms with Crippen LogP contribution in [0.4, 0.5) is 0 Å². The van der Waals surface area contributed by atoms with Gasteiger partial charge in [-0.15, -0.1) is 0 Å². The minimum atomic E-state index is -0.0857. The van der Waals surface area contributed by atoms with E-state index in [2.05, 4.69) is 10.1 Å². The first-order valence-electron chi connectivity index (χ1n) is 5.68. The second kappa shape index (κ2) is 7.99. The van der Waals surface area contributed by atoms with Gasteiger partial charge in [-0.2, -0.15) is 11.8 Å². The number of thioether (sulfide) groups is 1. The second-order valence-electron chi connectivity index (χ2n) is 3.95. The van der Waals surface area contributed by atoms with Gasteiger partial charge in [0, 0.05) is 6.42 Å². The quantitative estimate of drug-likeness (QED) is 0.557. The Kier molecular flexibility index (Phi) is 6.85. The van der Waals surface area contributed by atoms with Crippen LogP contribution >= 0.6 is 11.8 Å². The molecule has 0 spiro atoms. The number of esters is 1. The van der Waals surface area contributed by atoms with Gasteiger partial charge in [-0.25, -0.2) is 0 Å². The lowest BCUT2D eigenvalue weighted by atomic mass is 10.0. The molecule has 0 atom stereocenters. The Morgan fingerprint density at radius 2 is 2.20 bits per heavy atom. The zero-order chi connectivity index (χ0) is 10.9. The fraction of sp³-hybridized carbons (Fsp3) is 0.909. The first kappa shape index (κ1) is 12.8. The summed E-state index contributed by atoms with van der Waals surface area (Å²) in [6, 6.07) is 0. The number of hydrogen-bond acceptors (Lipinski definition) is 4. The predicted molar refractivity (Wildman–Crippen MR) is 64.2 cm³/mol. The van der Waals surface area contributed by atoms with Crippen LogP contribution in [0.25, 0.3) is 0 Å². The maximum Gasteiger partial charge on any atom is 0.305 e. The van der Waals surface area contributed by atoms with E-state index in [-0.39, 0.29) is 5.97 Å². The molecule has 0 bridgehead atoms. The number of ether oxygens (including phenoxy) is 1. The van der Waals surface area contributed by atoms with Crippen molar-refractivity contribution in [3.63, 3.8) is 0 Å². The van der Waals surface area contributed by atoms with Crippen molar-refractivity contribution < 1.29 is 9.53 Å². The maximum atomic E-state index is 10.8. The molecule has 0 unspecified atom stereocenters. The molecule has 0 saturated carbocycles. The molecular weight excluding hydrogens is 210 g/mol. The van der Waals surface area contributed by atoms with E-state index in [1.165, 1.54) is 38.8 Å². The van der Waals surface area contributed by atoms with E-state index in [0.717, 1.165) is 18.1 Å². The molecule has 1 rings (SSSR count). The van der Waals surface area contributed by atoms with Crippen LogP contribution in [0.1, 0.15) is 25.7 Å². The molecule has 1 fully saturated rings. The molecule has 1 heterocycles. The van der Waals surface area contributed by atoms with Crippen LogP contribution in [0.15, 0.2) is 0 Å². The average Bonchev–Trinajstić information content (AvgIpc) is 2.29. The van der Waals surface area contributed by atoms with Crippen molar-refractivity contribution in [2.45, 2.75) is 25.7 Å². The smallest absolute Gasteiger partial charge is 0.305 e. The molecule has 0 amide bonds. The summed E-state index contributed by atoms with van der Waals surface area (Å²) in [7, 11) is 1.45. The van der Waals surface area contributed by atoms with E-state index >= 15 is 0 Å². The van der Waals surface area contributed by atoms with Crippen molar-refractivity contribution in [1.29, 1.82) is 0 Å². The number of carbonyl (C=O) groups is 1. The Morgan fingerprint density at radius 1 is 1.47 bits per heavy atom. The highest BCUT2D eigenvalue weighted by molar-refractivity contribution is 7.99. The average molecular weight is 231 g/mol. The molecule has 1 saturated heterocycles. The predicted octanol–water partition coefficient (Wildman–Crippen LogP) is 1.67. The summed E-state index contributed by atoms with van der Waals surface area (Å²) in [4.78, 5) is 10.8. The summed E-state index contributed by atoms with van der Waals surface area (Å²) in [6.45, 7) is 2.35. The van der Waals surface area contributed by atoms with E-state index in [4.69, 9.17) is 0 Å². The van der Waals surface area contributed by atoms with E-state index < -0.39 is 0 Å². The van der Waals surface area contributed by atoms with Gasteiger partial charge in [0.2, 0.25) is 0 Å². The van der Waals surface area contributed by atoms with Crippen LogP contribution in [-0.4, -0.2) is 37.7 Å². The molecule has 0 aromatic rings. The SMILES string of the molecule is COC(=O)CCCSCC1CCNCC1. The fourth-order valence-electron chi connectivity index (χ4n) is 1.72. The summed E-state index contributed by atoms with van der Waals surface area (Å²) in [5.41, 5.74) is 0. The van der Waals surface area contributed by atoms with E-state index in [1.54, 1.807) is 0 Å². The van der Waals surface area contributed by atoms with Gasteiger partial charge >= 0.3 is 5.97 Å². The van der Waals surface area contributed by atoms with Crippen molar-refractivity contribution in [3.05, 3.63) is 0 Å². The van der Waals surface area contributed by atoms with Gasteiger partial charge in [-0.1, -0.05) is 0 Å². The van der Waals surface area contributed by atoms with Crippen LogP contribution in [0.3, 0.4) is 0 Å². The number of nitrogens with one attached hydrogen (secondary N) is 1. The van der Waals surface area contributed by atoms with Gasteiger partial charge in [-0.05, 0) is 49.8 Å². The van der Waals surface area contributed by atoms with Crippen molar-refractivity contribution in [2.75, 3.05) is 31.7 Å². The Labute approximate surface area is 96.3 Å². The Hall–Kier alpha value is -0.220. The molecule has 88 valence electrons. The van der Waals surface area contributed by atoms with Gasteiger partial charge in [-0.3, -0.25) is 4.79 Å². The zero-order valence-electron chi connectivity index (χ0n) is 9.46. The number of rotatable bonds is 6. The van der Waals surface area contributed by atoms with Gasteiger partial charge in [0.15, 0.2) is 0 Å². The molecule has 1 aliphatic rings. The summed E-state index contributed by atoms with van der Waals surface area (Å²) in [5.74, 6) is 3.13. The topological polar surface area (TPSA) is 38.3 Å². The summed E-state index contributed by atoms with van der Waals surface area (Å²) < 4.78 is 4.59. The Morgan fingerprint density at radius 3 is 2.87 bits per heavy atom. The normalized spacial score (nSPS) is 17.7. The second-order valence-corrected chi connectivity index (χ2v) is 5.10. The van der Waals surface area contributed by atoms with Crippen LogP contribution in [0.5, 0.6) is 0 Å². The first-order valence-corrected chi connectivity index (χ1v) is 6.83. The van der Waals surface area contributed by atoms with Gasteiger partial charge in [0.25, 0.3) is 0 Å². The Bertz CT molecular complexity index is 181. The van der Waals surface area contributed by atoms with Crippen LogP contribution < -0.4 is 5.32 Å². The molecule has 4 heteroatoms. The third-order valence-corrected chi connectivity index (χ3v) is 3.99. The minimum Gasteiger partial charge on any atom is -0.469 e. The van der Waals surface area contributed by atoms with E-state index in [0.29, 0.717) is 6.42 Å². The van der Waals surface area contributed by atoms with Crippen molar-refractivity contribution in [1.82, 2.24) is 5.32 Å². The molecule has 0 aromatic carbocycles. The highest BCUT2D eigenvalue weighted by atomic mass is 32.2. The van der Waals surface area contributed by atoms with Crippen LogP contribution in [0, 0.1) is 5.92 Å². The lowest BCUT2D eigenvalue weighted by Gasteiger charge is -2.21. The molecule has 3 nitrogen and oxygen atoms in total. The van der Waals surface area contributed by atoms with E-state index in [9.17, 15) is 4.79 Å². The summed E-state index contributed by atoms with van der Waals surface area (Å²) in [5, 5.41) is 3.37. The standard InChI is InChI=1S/C11H21NO2S/c1-14-11(13)3-2-8-15-9-10-4-6-12-7-5-10/h10,12H,2-9H2,1H3. The van der Waals surface area contributed by atoms with Gasteiger partial charge in [0.1, 0.15) is 0 Å². The monoisotopic (exact) mass is 231 g/mol.